The van der Waals surface area contributed by atoms with Crippen molar-refractivity contribution in [2.24, 2.45) is 0 Å². The van der Waals surface area contributed by atoms with Crippen molar-refractivity contribution in [1.29, 1.82) is 0 Å². The zero-order valence-corrected chi connectivity index (χ0v) is 6.06. The molecule has 0 aliphatic carbocycles. The fourth-order valence-electron chi connectivity index (χ4n) is 0. The maximum atomic E-state index is 9.25. The van der Waals surface area contributed by atoms with Crippen molar-refractivity contribution in [2.75, 3.05) is 0 Å². The third kappa shape index (κ3) is 21.4. The molecule has 0 saturated carbocycles. The standard InChI is InChI=1S/C3H4O2.Ca.H2O.2H/c1-2-3(4)5;;;;/h2H,1H2,(H,4,5);;1H2;;/q;+2;;2*-1. The summed E-state index contributed by atoms with van der Waals surface area (Å²) < 4.78 is 0. The van der Waals surface area contributed by atoms with Gasteiger partial charge < -0.3 is 13.4 Å². The first-order valence-corrected chi connectivity index (χ1v) is 1.12. The van der Waals surface area contributed by atoms with E-state index in [1.165, 1.54) is 0 Å². The molecule has 3 nitrogen and oxygen atoms in total. The Balaban J connectivity index is -0.0000000133. The van der Waals surface area contributed by atoms with Gasteiger partial charge in [-0.3, -0.25) is 0 Å². The molecule has 0 heterocycles. The Morgan fingerprint density at radius 2 is 2.00 bits per heavy atom. The van der Waals surface area contributed by atoms with Crippen LogP contribution in [0.3, 0.4) is 0 Å². The molecule has 40 valence electrons. The van der Waals surface area contributed by atoms with Crippen LogP contribution in [-0.2, 0) is 4.79 Å². The van der Waals surface area contributed by atoms with E-state index in [2.05, 4.69) is 6.58 Å². The van der Waals surface area contributed by atoms with Crippen LogP contribution in [0.25, 0.3) is 0 Å². The summed E-state index contributed by atoms with van der Waals surface area (Å²) in [5, 5.41) is 7.60. The van der Waals surface area contributed by atoms with Gasteiger partial charge in [0.2, 0.25) is 0 Å². The normalized spacial score (nSPS) is 4.57. The monoisotopic (exact) mass is 132 g/mol. The minimum atomic E-state index is -0.981. The Morgan fingerprint density at radius 1 is 1.86 bits per heavy atom. The molecule has 0 aromatic carbocycles. The van der Waals surface area contributed by atoms with Crippen LogP contribution >= 0.6 is 0 Å². The average Bonchev–Trinajstić information content (AvgIpc) is 1.38. The summed E-state index contributed by atoms with van der Waals surface area (Å²) in [6, 6.07) is 0. The molecule has 0 bridgehead atoms. The first-order valence-electron chi connectivity index (χ1n) is 1.12. The fourth-order valence-corrected chi connectivity index (χ4v) is 0. The van der Waals surface area contributed by atoms with Crippen molar-refractivity contribution in [3.63, 3.8) is 0 Å². The van der Waals surface area contributed by atoms with Gasteiger partial charge in [-0.2, -0.15) is 0 Å². The zero-order chi connectivity index (χ0) is 4.28. The Bertz CT molecular complexity index is 68.1. The second-order valence-corrected chi connectivity index (χ2v) is 0.542. The molecule has 0 fully saturated rings. The summed E-state index contributed by atoms with van der Waals surface area (Å²) in [4.78, 5) is 9.25. The molecule has 4 heteroatoms. The smallest absolute Gasteiger partial charge is 1.00 e. The third-order valence-corrected chi connectivity index (χ3v) is 0.175. The van der Waals surface area contributed by atoms with Gasteiger partial charge in [0, 0.05) is 6.08 Å². The summed E-state index contributed by atoms with van der Waals surface area (Å²) in [6.45, 7) is 2.96. The Hall–Kier alpha value is 0.430. The number of carbonyl (C=O) groups is 1. The Morgan fingerprint density at radius 3 is 2.00 bits per heavy atom. The van der Waals surface area contributed by atoms with Gasteiger partial charge in [-0.25, -0.2) is 4.79 Å². The van der Waals surface area contributed by atoms with Crippen molar-refractivity contribution in [3.8, 4) is 0 Å². The summed E-state index contributed by atoms with van der Waals surface area (Å²) in [5.41, 5.74) is 0. The van der Waals surface area contributed by atoms with Gasteiger partial charge in [0.05, 0.1) is 0 Å². The molecule has 0 atom stereocenters. The van der Waals surface area contributed by atoms with Crippen molar-refractivity contribution in [3.05, 3.63) is 12.7 Å². The van der Waals surface area contributed by atoms with E-state index in [0.717, 1.165) is 6.08 Å². The van der Waals surface area contributed by atoms with Crippen LogP contribution in [-0.4, -0.2) is 54.3 Å². The fraction of sp³-hybridized carbons (Fsp3) is 0. The van der Waals surface area contributed by atoms with Gasteiger partial charge in [-0.1, -0.05) is 6.58 Å². The van der Waals surface area contributed by atoms with Crippen LogP contribution in [0.5, 0.6) is 0 Å². The van der Waals surface area contributed by atoms with E-state index < -0.39 is 5.97 Å². The molecule has 0 spiro atoms. The SMILES string of the molecule is C=CC(=O)O.O.[Ca+2].[H-].[H-]. The first-order chi connectivity index (χ1) is 2.27. The molecule has 7 heavy (non-hydrogen) atoms. The topological polar surface area (TPSA) is 68.8 Å². The van der Waals surface area contributed by atoms with Gasteiger partial charge in [-0.05, 0) is 0 Å². The second-order valence-electron chi connectivity index (χ2n) is 0.542. The molecule has 0 rings (SSSR count). The molecular formula is C3H8CaO3. The molecule has 0 aromatic heterocycles. The molecular weight excluding hydrogens is 124 g/mol. The van der Waals surface area contributed by atoms with Crippen molar-refractivity contribution in [2.45, 2.75) is 0 Å². The van der Waals surface area contributed by atoms with Crippen LogP contribution in [0, 0.1) is 0 Å². The van der Waals surface area contributed by atoms with Crippen LogP contribution < -0.4 is 0 Å². The maximum absolute atomic E-state index is 9.25. The largest absolute Gasteiger partial charge is 2.00 e. The molecule has 3 N–H and O–H groups in total. The number of aliphatic carboxylic acids is 1. The van der Waals surface area contributed by atoms with Crippen molar-refractivity contribution in [1.82, 2.24) is 0 Å². The minimum absolute atomic E-state index is 0. The number of carboxylic acids is 1. The van der Waals surface area contributed by atoms with Gasteiger partial charge in [-0.15, -0.1) is 0 Å². The zero-order valence-electron chi connectivity index (χ0n) is 5.85. The molecule has 0 aromatic rings. The Labute approximate surface area is 74.3 Å². The average molecular weight is 132 g/mol. The van der Waals surface area contributed by atoms with Crippen LogP contribution in [0.15, 0.2) is 12.7 Å². The number of hydrogen-bond acceptors (Lipinski definition) is 1. The summed E-state index contributed by atoms with van der Waals surface area (Å²) in [6.07, 6.45) is 0.833. The first kappa shape index (κ1) is 15.7. The van der Waals surface area contributed by atoms with Gasteiger partial charge in [0.1, 0.15) is 0 Å². The number of carboxylic acid groups (broad SMARTS) is 1. The van der Waals surface area contributed by atoms with E-state index in [1.54, 1.807) is 0 Å². The molecule has 0 aliphatic rings. The van der Waals surface area contributed by atoms with Crippen LogP contribution in [0.1, 0.15) is 2.85 Å². The van der Waals surface area contributed by atoms with E-state index in [-0.39, 0.29) is 46.1 Å². The van der Waals surface area contributed by atoms with E-state index in [9.17, 15) is 4.79 Å². The number of rotatable bonds is 1. The second kappa shape index (κ2) is 9.66. The molecule has 0 unspecified atom stereocenters. The van der Waals surface area contributed by atoms with Crippen LogP contribution in [0.4, 0.5) is 0 Å². The van der Waals surface area contributed by atoms with E-state index in [1.807, 2.05) is 0 Å². The summed E-state index contributed by atoms with van der Waals surface area (Å²) in [7, 11) is 0. The molecule has 0 amide bonds. The van der Waals surface area contributed by atoms with Crippen molar-refractivity contribution >= 4 is 43.7 Å². The van der Waals surface area contributed by atoms with E-state index >= 15 is 0 Å². The maximum Gasteiger partial charge on any atom is 2.00 e. The predicted octanol–water partition coefficient (Wildman–Crippen LogP) is -0.724. The van der Waals surface area contributed by atoms with Crippen LogP contribution in [0.2, 0.25) is 0 Å². The minimum Gasteiger partial charge on any atom is -1.00 e. The quantitative estimate of drug-likeness (QED) is 0.377. The van der Waals surface area contributed by atoms with Gasteiger partial charge >= 0.3 is 43.7 Å². The van der Waals surface area contributed by atoms with Crippen molar-refractivity contribution < 1.29 is 18.2 Å². The summed E-state index contributed by atoms with van der Waals surface area (Å²) in [5.74, 6) is -0.981. The Kier molecular flexibility index (Phi) is 21.6. The summed E-state index contributed by atoms with van der Waals surface area (Å²) >= 11 is 0. The molecule has 0 saturated heterocycles. The molecule has 0 aliphatic heterocycles. The van der Waals surface area contributed by atoms with Gasteiger partial charge in [0.15, 0.2) is 0 Å². The third-order valence-electron chi connectivity index (χ3n) is 0.175. The molecule has 0 radical (unpaired) electrons. The predicted molar refractivity (Wildman–Crippen MR) is 29.4 cm³/mol. The van der Waals surface area contributed by atoms with E-state index in [0.29, 0.717) is 0 Å². The number of hydrogen-bond donors (Lipinski definition) is 1. The van der Waals surface area contributed by atoms with E-state index in [4.69, 9.17) is 5.11 Å². The van der Waals surface area contributed by atoms with Gasteiger partial charge in [0.25, 0.3) is 0 Å².